The van der Waals surface area contributed by atoms with E-state index in [4.69, 9.17) is 4.74 Å². The van der Waals surface area contributed by atoms with Crippen molar-refractivity contribution in [2.45, 2.75) is 46.5 Å². The number of hydrogen-bond acceptors (Lipinski definition) is 3. The van der Waals surface area contributed by atoms with E-state index in [1.54, 1.807) is 0 Å². The summed E-state index contributed by atoms with van der Waals surface area (Å²) in [4.78, 5) is 12.6. The molecule has 4 nitrogen and oxygen atoms in total. The van der Waals surface area contributed by atoms with Gasteiger partial charge in [-0.3, -0.25) is 4.79 Å². The zero-order valence-electron chi connectivity index (χ0n) is 15.8. The molecule has 0 aliphatic carbocycles. The van der Waals surface area contributed by atoms with Crippen LogP contribution in [0.3, 0.4) is 0 Å². The SMILES string of the molecule is CCCCCc1c(C)nn(C(=O)COc2cccc3ccccc23)c1C. The lowest BCUT2D eigenvalue weighted by molar-refractivity contribution is 0.0819. The first-order valence-electron chi connectivity index (χ1n) is 9.30. The topological polar surface area (TPSA) is 44.1 Å². The lowest BCUT2D eigenvalue weighted by Gasteiger charge is -2.09. The minimum Gasteiger partial charge on any atom is -0.483 e. The fourth-order valence-electron chi connectivity index (χ4n) is 3.35. The number of unbranched alkanes of at least 4 members (excludes halogenated alkanes) is 2. The monoisotopic (exact) mass is 350 g/mol. The third-order valence-electron chi connectivity index (χ3n) is 4.81. The molecule has 0 unspecified atom stereocenters. The molecule has 0 atom stereocenters. The molecule has 1 heterocycles. The van der Waals surface area contributed by atoms with Gasteiger partial charge in [0.15, 0.2) is 6.61 Å². The highest BCUT2D eigenvalue weighted by Crippen LogP contribution is 2.25. The van der Waals surface area contributed by atoms with Gasteiger partial charge >= 0.3 is 0 Å². The van der Waals surface area contributed by atoms with Crippen LogP contribution >= 0.6 is 0 Å². The van der Waals surface area contributed by atoms with Crippen molar-refractivity contribution in [3.63, 3.8) is 0 Å². The van der Waals surface area contributed by atoms with Gasteiger partial charge < -0.3 is 4.74 Å². The van der Waals surface area contributed by atoms with E-state index in [1.165, 1.54) is 23.1 Å². The Balaban J connectivity index is 1.73. The fraction of sp³-hybridized carbons (Fsp3) is 0.364. The van der Waals surface area contributed by atoms with Crippen LogP contribution in [0.2, 0.25) is 0 Å². The first kappa shape index (κ1) is 18.2. The molecule has 0 spiro atoms. The van der Waals surface area contributed by atoms with Gasteiger partial charge in [0.1, 0.15) is 5.75 Å². The largest absolute Gasteiger partial charge is 0.483 e. The van der Waals surface area contributed by atoms with E-state index in [2.05, 4.69) is 12.0 Å². The number of hydrogen-bond donors (Lipinski definition) is 0. The third kappa shape index (κ3) is 3.79. The Morgan fingerprint density at radius 2 is 1.85 bits per heavy atom. The molecule has 0 fully saturated rings. The molecular weight excluding hydrogens is 324 g/mol. The Labute approximate surface area is 154 Å². The first-order chi connectivity index (χ1) is 12.6. The van der Waals surface area contributed by atoms with Crippen molar-refractivity contribution in [2.75, 3.05) is 6.61 Å². The van der Waals surface area contributed by atoms with Crippen molar-refractivity contribution in [2.24, 2.45) is 0 Å². The van der Waals surface area contributed by atoms with E-state index in [-0.39, 0.29) is 12.5 Å². The second-order valence-corrected chi connectivity index (χ2v) is 6.68. The molecule has 0 aliphatic rings. The van der Waals surface area contributed by atoms with Crippen LogP contribution in [0.15, 0.2) is 42.5 Å². The maximum atomic E-state index is 12.6. The number of aryl methyl sites for hydroxylation is 1. The summed E-state index contributed by atoms with van der Waals surface area (Å²) in [6.07, 6.45) is 4.49. The van der Waals surface area contributed by atoms with Gasteiger partial charge in [-0.25, -0.2) is 4.68 Å². The minimum absolute atomic E-state index is 0.0234. The van der Waals surface area contributed by atoms with Crippen LogP contribution in [0.25, 0.3) is 10.8 Å². The van der Waals surface area contributed by atoms with Crippen LogP contribution in [0.5, 0.6) is 5.75 Å². The number of benzene rings is 2. The summed E-state index contributed by atoms with van der Waals surface area (Å²) in [6, 6.07) is 13.9. The number of aromatic nitrogens is 2. The molecule has 0 saturated heterocycles. The van der Waals surface area contributed by atoms with E-state index in [0.717, 1.165) is 40.8 Å². The summed E-state index contributed by atoms with van der Waals surface area (Å²) < 4.78 is 7.33. The molecule has 4 heteroatoms. The van der Waals surface area contributed by atoms with Crippen molar-refractivity contribution in [1.82, 2.24) is 9.78 Å². The fourth-order valence-corrected chi connectivity index (χ4v) is 3.35. The van der Waals surface area contributed by atoms with Gasteiger partial charge in [0, 0.05) is 11.1 Å². The molecule has 1 aromatic heterocycles. The van der Waals surface area contributed by atoms with Gasteiger partial charge in [0.25, 0.3) is 5.91 Å². The summed E-state index contributed by atoms with van der Waals surface area (Å²) in [5.41, 5.74) is 3.07. The normalized spacial score (nSPS) is 11.0. The van der Waals surface area contributed by atoms with Crippen molar-refractivity contribution in [1.29, 1.82) is 0 Å². The molecule has 0 amide bonds. The van der Waals surface area contributed by atoms with E-state index in [9.17, 15) is 4.79 Å². The molecule has 136 valence electrons. The van der Waals surface area contributed by atoms with Crippen LogP contribution in [0, 0.1) is 13.8 Å². The average Bonchev–Trinajstić information content (AvgIpc) is 2.94. The van der Waals surface area contributed by atoms with Crippen LogP contribution < -0.4 is 4.74 Å². The van der Waals surface area contributed by atoms with Crippen LogP contribution in [-0.4, -0.2) is 22.3 Å². The Bertz CT molecular complexity index is 906. The zero-order valence-corrected chi connectivity index (χ0v) is 15.8. The second kappa shape index (κ2) is 8.17. The van der Waals surface area contributed by atoms with Crippen LogP contribution in [0.4, 0.5) is 0 Å². The summed E-state index contributed by atoms with van der Waals surface area (Å²) in [7, 11) is 0. The molecular formula is C22H26N2O2. The summed E-state index contributed by atoms with van der Waals surface area (Å²) in [5, 5.41) is 6.56. The number of fused-ring (bicyclic) bond motifs is 1. The lowest BCUT2D eigenvalue weighted by Crippen LogP contribution is -2.21. The average molecular weight is 350 g/mol. The second-order valence-electron chi connectivity index (χ2n) is 6.68. The van der Waals surface area contributed by atoms with Crippen molar-refractivity contribution < 1.29 is 9.53 Å². The number of ether oxygens (including phenoxy) is 1. The number of rotatable bonds is 7. The molecule has 0 radical (unpaired) electrons. The molecule has 0 bridgehead atoms. The maximum absolute atomic E-state index is 12.6. The quantitative estimate of drug-likeness (QED) is 0.557. The standard InChI is InChI=1S/C22H26N2O2/c1-4-5-6-12-19-16(2)23-24(17(19)3)22(25)15-26-21-14-9-11-18-10-7-8-13-20(18)21/h7-11,13-14H,4-6,12,15H2,1-3H3. The highest BCUT2D eigenvalue weighted by atomic mass is 16.5. The molecule has 2 aromatic carbocycles. The molecule has 0 saturated carbocycles. The predicted molar refractivity (Wildman–Crippen MR) is 105 cm³/mol. The lowest BCUT2D eigenvalue weighted by atomic mass is 10.1. The molecule has 0 N–H and O–H groups in total. The minimum atomic E-state index is -0.139. The third-order valence-corrected chi connectivity index (χ3v) is 4.81. The Kier molecular flexibility index (Phi) is 5.71. The van der Waals surface area contributed by atoms with Crippen molar-refractivity contribution >= 4 is 16.7 Å². The van der Waals surface area contributed by atoms with E-state index in [0.29, 0.717) is 0 Å². The van der Waals surface area contributed by atoms with E-state index < -0.39 is 0 Å². The van der Waals surface area contributed by atoms with Gasteiger partial charge in [0.05, 0.1) is 5.69 Å². The predicted octanol–water partition coefficient (Wildman–Crippen LogP) is 5.11. The maximum Gasteiger partial charge on any atom is 0.284 e. The van der Waals surface area contributed by atoms with Crippen molar-refractivity contribution in [3.05, 3.63) is 59.4 Å². The van der Waals surface area contributed by atoms with E-state index >= 15 is 0 Å². The van der Waals surface area contributed by atoms with Gasteiger partial charge in [-0.05, 0) is 43.7 Å². The highest BCUT2D eigenvalue weighted by molar-refractivity contribution is 5.88. The molecule has 3 rings (SSSR count). The Hall–Kier alpha value is -2.62. The number of carbonyl (C=O) groups excluding carboxylic acids is 1. The van der Waals surface area contributed by atoms with Crippen LogP contribution in [-0.2, 0) is 6.42 Å². The van der Waals surface area contributed by atoms with E-state index in [1.807, 2.05) is 56.3 Å². The smallest absolute Gasteiger partial charge is 0.284 e. The van der Waals surface area contributed by atoms with Crippen LogP contribution in [0.1, 0.15) is 47.9 Å². The van der Waals surface area contributed by atoms with Crippen molar-refractivity contribution in [3.8, 4) is 5.75 Å². The zero-order chi connectivity index (χ0) is 18.5. The summed E-state index contributed by atoms with van der Waals surface area (Å²) >= 11 is 0. The Morgan fingerprint density at radius 3 is 2.65 bits per heavy atom. The summed E-state index contributed by atoms with van der Waals surface area (Å²) in [6.45, 7) is 6.11. The summed E-state index contributed by atoms with van der Waals surface area (Å²) in [5.74, 6) is 0.585. The van der Waals surface area contributed by atoms with Gasteiger partial charge in [-0.15, -0.1) is 0 Å². The molecule has 0 aliphatic heterocycles. The molecule has 3 aromatic rings. The van der Waals surface area contributed by atoms with Gasteiger partial charge in [0.2, 0.25) is 0 Å². The Morgan fingerprint density at radius 1 is 1.08 bits per heavy atom. The van der Waals surface area contributed by atoms with Gasteiger partial charge in [-0.1, -0.05) is 56.2 Å². The highest BCUT2D eigenvalue weighted by Gasteiger charge is 2.17. The van der Waals surface area contributed by atoms with Gasteiger partial charge in [-0.2, -0.15) is 5.10 Å². The number of carbonyl (C=O) groups is 1. The molecule has 26 heavy (non-hydrogen) atoms. The number of nitrogens with zero attached hydrogens (tertiary/aromatic N) is 2. The first-order valence-corrected chi connectivity index (χ1v) is 9.30.